The molecule has 128 valence electrons. The molecule has 0 aromatic heterocycles. The Balaban J connectivity index is 1.94. The second-order valence-corrected chi connectivity index (χ2v) is 5.81. The van der Waals surface area contributed by atoms with Gasteiger partial charge in [0.1, 0.15) is 18.1 Å². The summed E-state index contributed by atoms with van der Waals surface area (Å²) < 4.78 is 11.8. The van der Waals surface area contributed by atoms with Crippen LogP contribution < -0.4 is 14.9 Å². The maximum Gasteiger partial charge on any atom is 0.280 e. The van der Waals surface area contributed by atoms with Gasteiger partial charge in [-0.05, 0) is 47.1 Å². The first-order chi connectivity index (χ1) is 12.1. The van der Waals surface area contributed by atoms with Gasteiger partial charge in [0.25, 0.3) is 5.91 Å². The second kappa shape index (κ2) is 9.50. The number of para-hydroxylation sites is 2. The van der Waals surface area contributed by atoms with Gasteiger partial charge in [-0.2, -0.15) is 5.10 Å². The molecule has 0 radical (unpaired) electrons. The number of terminal acetylenes is 1. The average Bonchev–Trinajstić information content (AvgIpc) is 2.62. The van der Waals surface area contributed by atoms with E-state index in [0.29, 0.717) is 17.1 Å². The number of hydrogen-bond donors (Lipinski definition) is 1. The molecule has 0 saturated heterocycles. The molecule has 1 atom stereocenters. The van der Waals surface area contributed by atoms with Gasteiger partial charge in [-0.15, -0.1) is 6.42 Å². The van der Waals surface area contributed by atoms with E-state index in [-0.39, 0.29) is 12.5 Å². The van der Waals surface area contributed by atoms with Crippen molar-refractivity contribution in [1.29, 1.82) is 0 Å². The van der Waals surface area contributed by atoms with E-state index in [0.717, 1.165) is 4.47 Å². The molecule has 0 saturated carbocycles. The maximum atomic E-state index is 12.1. The van der Waals surface area contributed by atoms with E-state index in [1.165, 1.54) is 6.21 Å². The van der Waals surface area contributed by atoms with Crippen LogP contribution >= 0.6 is 15.9 Å². The first-order valence-electron chi connectivity index (χ1n) is 7.51. The third-order valence-corrected chi connectivity index (χ3v) is 3.77. The number of ether oxygens (including phenoxy) is 2. The number of carbonyl (C=O) groups is 1. The van der Waals surface area contributed by atoms with Gasteiger partial charge in [0.05, 0.1) is 10.7 Å². The lowest BCUT2D eigenvalue weighted by atomic mass is 10.2. The molecule has 0 unspecified atom stereocenters. The largest absolute Gasteiger partial charge is 0.480 e. The Hall–Kier alpha value is -2.78. The normalized spacial score (nSPS) is 11.6. The van der Waals surface area contributed by atoms with Gasteiger partial charge >= 0.3 is 0 Å². The fourth-order valence-corrected chi connectivity index (χ4v) is 2.26. The third-order valence-electron chi connectivity index (χ3n) is 3.12. The zero-order valence-electron chi connectivity index (χ0n) is 13.6. The van der Waals surface area contributed by atoms with Gasteiger partial charge < -0.3 is 9.47 Å². The first kappa shape index (κ1) is 18.6. The molecule has 0 aliphatic heterocycles. The van der Waals surface area contributed by atoms with Crippen molar-refractivity contribution in [2.24, 2.45) is 5.10 Å². The fraction of sp³-hybridized carbons (Fsp3) is 0.158. The van der Waals surface area contributed by atoms with Gasteiger partial charge in [0.2, 0.25) is 0 Å². The summed E-state index contributed by atoms with van der Waals surface area (Å²) in [6.07, 6.45) is 5.98. The summed E-state index contributed by atoms with van der Waals surface area (Å²) in [6.45, 7) is 1.81. The minimum absolute atomic E-state index is 0.161. The van der Waals surface area contributed by atoms with Crippen molar-refractivity contribution < 1.29 is 14.3 Å². The van der Waals surface area contributed by atoms with Crippen molar-refractivity contribution >= 4 is 28.1 Å². The van der Waals surface area contributed by atoms with E-state index in [2.05, 4.69) is 32.4 Å². The number of carbonyl (C=O) groups excluding carboxylic acids is 1. The third kappa shape index (κ3) is 5.66. The Morgan fingerprint density at radius 1 is 1.28 bits per heavy atom. The summed E-state index contributed by atoms with van der Waals surface area (Å²) in [5, 5.41) is 3.95. The van der Waals surface area contributed by atoms with Crippen LogP contribution in [-0.4, -0.2) is 24.8 Å². The van der Waals surface area contributed by atoms with Crippen LogP contribution in [0.5, 0.6) is 11.5 Å². The molecule has 5 nitrogen and oxygen atoms in total. The maximum absolute atomic E-state index is 12.1. The number of hydrogen-bond acceptors (Lipinski definition) is 4. The van der Waals surface area contributed by atoms with Crippen LogP contribution in [0.25, 0.3) is 0 Å². The van der Waals surface area contributed by atoms with Crippen LogP contribution in [0.15, 0.2) is 58.1 Å². The molecule has 6 heteroatoms. The van der Waals surface area contributed by atoms with Gasteiger partial charge in [-0.3, -0.25) is 4.79 Å². The van der Waals surface area contributed by atoms with Crippen LogP contribution in [0, 0.1) is 12.3 Å². The Kier molecular flexibility index (Phi) is 7.05. The molecular weight excluding hydrogens is 384 g/mol. The molecule has 0 fully saturated rings. The van der Waals surface area contributed by atoms with Gasteiger partial charge in [-0.25, -0.2) is 5.43 Å². The zero-order chi connectivity index (χ0) is 18.1. The van der Waals surface area contributed by atoms with Crippen LogP contribution in [0.4, 0.5) is 0 Å². The number of benzene rings is 2. The predicted octanol–water partition coefficient (Wildman–Crippen LogP) is 3.38. The molecule has 2 aromatic carbocycles. The zero-order valence-corrected chi connectivity index (χ0v) is 15.2. The summed E-state index contributed by atoms with van der Waals surface area (Å²) in [6, 6.07) is 14.6. The van der Waals surface area contributed by atoms with Gasteiger partial charge in [0, 0.05) is 5.56 Å². The van der Waals surface area contributed by atoms with Crippen LogP contribution in [0.1, 0.15) is 12.5 Å². The van der Waals surface area contributed by atoms with E-state index in [1.54, 1.807) is 19.1 Å². The standard InChI is InChI=1S/C19H17BrN2O3/c1-3-12-24-17-10-6-4-8-15(17)13-21-22-19(23)14(2)25-18-11-7-5-9-16(18)20/h1,4-11,13-14H,12H2,2H3,(H,22,23)/b21-13-/t14-/m0/s1. The summed E-state index contributed by atoms with van der Waals surface area (Å²) in [7, 11) is 0. The molecule has 0 aliphatic carbocycles. The quantitative estimate of drug-likeness (QED) is 0.440. The Morgan fingerprint density at radius 2 is 1.96 bits per heavy atom. The number of amides is 1. The van der Waals surface area contributed by atoms with Crippen molar-refractivity contribution in [3.8, 4) is 23.8 Å². The molecule has 1 amide bonds. The Labute approximate surface area is 155 Å². The first-order valence-corrected chi connectivity index (χ1v) is 8.30. The summed E-state index contributed by atoms with van der Waals surface area (Å²) in [5.41, 5.74) is 3.15. The highest BCUT2D eigenvalue weighted by Gasteiger charge is 2.15. The number of nitrogens with one attached hydrogen (secondary N) is 1. The van der Waals surface area contributed by atoms with Crippen molar-refractivity contribution in [2.75, 3.05) is 6.61 Å². The Morgan fingerprint density at radius 3 is 2.68 bits per heavy atom. The van der Waals surface area contributed by atoms with E-state index in [9.17, 15) is 4.79 Å². The van der Waals surface area contributed by atoms with Crippen LogP contribution in [0.2, 0.25) is 0 Å². The lowest BCUT2D eigenvalue weighted by Crippen LogP contribution is -2.33. The summed E-state index contributed by atoms with van der Waals surface area (Å²) in [4.78, 5) is 12.1. The lowest BCUT2D eigenvalue weighted by Gasteiger charge is -2.14. The molecule has 0 aliphatic rings. The lowest BCUT2D eigenvalue weighted by molar-refractivity contribution is -0.127. The highest BCUT2D eigenvalue weighted by molar-refractivity contribution is 9.10. The van der Waals surface area contributed by atoms with E-state index in [1.807, 2.05) is 36.4 Å². The number of hydrazone groups is 1. The van der Waals surface area contributed by atoms with E-state index >= 15 is 0 Å². The van der Waals surface area contributed by atoms with Crippen molar-refractivity contribution in [3.05, 3.63) is 58.6 Å². The number of halogens is 1. The minimum Gasteiger partial charge on any atom is -0.480 e. The molecular formula is C19H17BrN2O3. The molecule has 25 heavy (non-hydrogen) atoms. The molecule has 2 rings (SSSR count). The van der Waals surface area contributed by atoms with Gasteiger partial charge in [0.15, 0.2) is 6.10 Å². The Bertz CT molecular complexity index is 799. The fourth-order valence-electron chi connectivity index (χ4n) is 1.88. The van der Waals surface area contributed by atoms with Crippen LogP contribution in [0.3, 0.4) is 0 Å². The minimum atomic E-state index is -0.705. The SMILES string of the molecule is C#CCOc1ccccc1/C=N\NC(=O)[C@H](C)Oc1ccccc1Br. The van der Waals surface area contributed by atoms with Crippen molar-refractivity contribution in [2.45, 2.75) is 13.0 Å². The highest BCUT2D eigenvalue weighted by Crippen LogP contribution is 2.24. The number of nitrogens with zero attached hydrogens (tertiary/aromatic N) is 1. The van der Waals surface area contributed by atoms with Gasteiger partial charge in [-0.1, -0.05) is 30.2 Å². The van der Waals surface area contributed by atoms with E-state index in [4.69, 9.17) is 15.9 Å². The van der Waals surface area contributed by atoms with Crippen molar-refractivity contribution in [1.82, 2.24) is 5.43 Å². The smallest absolute Gasteiger partial charge is 0.280 e. The summed E-state index contributed by atoms with van der Waals surface area (Å²) >= 11 is 3.37. The molecule has 0 spiro atoms. The molecule has 1 N–H and O–H groups in total. The number of rotatable bonds is 7. The van der Waals surface area contributed by atoms with Crippen LogP contribution in [-0.2, 0) is 4.79 Å². The van der Waals surface area contributed by atoms with Crippen molar-refractivity contribution in [3.63, 3.8) is 0 Å². The summed E-state index contributed by atoms with van der Waals surface area (Å²) in [5.74, 6) is 3.22. The van der Waals surface area contributed by atoms with E-state index < -0.39 is 6.10 Å². The monoisotopic (exact) mass is 400 g/mol. The molecule has 2 aromatic rings. The predicted molar refractivity (Wildman–Crippen MR) is 101 cm³/mol. The second-order valence-electron chi connectivity index (χ2n) is 4.96. The molecule has 0 heterocycles. The highest BCUT2D eigenvalue weighted by atomic mass is 79.9. The molecule has 0 bridgehead atoms. The average molecular weight is 401 g/mol. The topological polar surface area (TPSA) is 59.9 Å².